The molecule has 0 aromatic heterocycles. The third-order valence-electron chi connectivity index (χ3n) is 18.2. The molecule has 0 aliphatic carbocycles. The second-order valence-corrected chi connectivity index (χ2v) is 26.7. The van der Waals surface area contributed by atoms with Crippen molar-refractivity contribution in [1.82, 2.24) is 5.32 Å². The van der Waals surface area contributed by atoms with Gasteiger partial charge in [0.15, 0.2) is 6.29 Å². The summed E-state index contributed by atoms with van der Waals surface area (Å²) in [5, 5.41) is 54.5. The molecule has 11 nitrogen and oxygen atoms in total. The van der Waals surface area contributed by atoms with E-state index in [1.165, 1.54) is 289 Å². The highest BCUT2D eigenvalue weighted by Crippen LogP contribution is 2.23. The molecule has 0 radical (unpaired) electrons. The fourth-order valence-electron chi connectivity index (χ4n) is 12.1. The van der Waals surface area contributed by atoms with E-state index in [2.05, 4.69) is 55.6 Å². The molecule has 7 unspecified atom stereocenters. The highest BCUT2D eigenvalue weighted by molar-refractivity contribution is 5.76. The molecule has 0 saturated carbocycles. The first-order valence-electron chi connectivity index (χ1n) is 38.4. The molecule has 1 aliphatic rings. The number of esters is 1. The van der Waals surface area contributed by atoms with Crippen molar-refractivity contribution in [3.63, 3.8) is 0 Å². The zero-order valence-electron chi connectivity index (χ0n) is 58.2. The van der Waals surface area contributed by atoms with E-state index >= 15 is 0 Å². The van der Waals surface area contributed by atoms with Crippen molar-refractivity contribution in [3.8, 4) is 0 Å². The van der Waals surface area contributed by atoms with Gasteiger partial charge in [0.25, 0.3) is 0 Å². The van der Waals surface area contributed by atoms with Crippen LogP contribution in [0, 0.1) is 0 Å². The van der Waals surface area contributed by atoms with Gasteiger partial charge in [-0.05, 0) is 77.0 Å². The normalized spacial score (nSPS) is 17.9. The number of nitrogens with one attached hydrogen (secondary N) is 1. The average Bonchev–Trinajstić information content (AvgIpc) is 2.35. The Labute approximate surface area is 548 Å². The maximum absolute atomic E-state index is 13.1. The molecule has 0 spiro atoms. The minimum Gasteiger partial charge on any atom is -0.466 e. The van der Waals surface area contributed by atoms with Crippen LogP contribution in [0.15, 0.2) is 48.6 Å². The van der Waals surface area contributed by atoms with Crippen LogP contribution < -0.4 is 5.32 Å². The Balaban J connectivity index is 1.92. The summed E-state index contributed by atoms with van der Waals surface area (Å²) in [5.41, 5.74) is 0. The van der Waals surface area contributed by atoms with Crippen LogP contribution in [0.2, 0.25) is 0 Å². The Morgan fingerprint density at radius 2 is 0.764 bits per heavy atom. The SMILES string of the molecule is CCCCCCCC/C=C/CC/C=C/C(O)C(COC1OC(CO)C(O)C(O)C1O)NC(=O)CCCCCCCCCCCCCCCCCCC/C=C\C/C=C\CCCCCCCCCCCCCCCOC(=O)CCCCCCCCCCCCCC. The number of rotatable bonds is 68. The van der Waals surface area contributed by atoms with Gasteiger partial charge in [-0.3, -0.25) is 9.59 Å². The molecule has 0 bridgehead atoms. The Morgan fingerprint density at radius 1 is 0.416 bits per heavy atom. The quantitative estimate of drug-likeness (QED) is 0.0195. The van der Waals surface area contributed by atoms with Gasteiger partial charge in [-0.25, -0.2) is 0 Å². The lowest BCUT2D eigenvalue weighted by Gasteiger charge is -2.40. The fraction of sp³-hybridized carbons (Fsp3) is 0.872. The maximum Gasteiger partial charge on any atom is 0.305 e. The van der Waals surface area contributed by atoms with Crippen LogP contribution in [0.1, 0.15) is 373 Å². The molecule has 1 aliphatic heterocycles. The fourth-order valence-corrected chi connectivity index (χ4v) is 12.1. The average molecular weight is 1260 g/mol. The minimum atomic E-state index is -1.58. The number of unbranched alkanes of at least 4 members (excludes halogenated alkanes) is 48. The number of amides is 1. The van der Waals surface area contributed by atoms with Crippen LogP contribution in [0.25, 0.3) is 0 Å². The minimum absolute atomic E-state index is 0.0134. The number of hydrogen-bond donors (Lipinski definition) is 6. The zero-order chi connectivity index (χ0) is 64.4. The van der Waals surface area contributed by atoms with Gasteiger partial charge in [0.05, 0.1) is 32.0 Å². The third-order valence-corrected chi connectivity index (χ3v) is 18.2. The lowest BCUT2D eigenvalue weighted by atomic mass is 9.99. The first kappa shape index (κ1) is 84.6. The molecule has 89 heavy (non-hydrogen) atoms. The van der Waals surface area contributed by atoms with Crippen LogP contribution in [-0.2, 0) is 23.8 Å². The summed E-state index contributed by atoms with van der Waals surface area (Å²) in [5.74, 6) is -0.175. The van der Waals surface area contributed by atoms with Gasteiger partial charge in [0.1, 0.15) is 24.4 Å². The summed E-state index contributed by atoms with van der Waals surface area (Å²) in [6, 6.07) is -0.826. The highest BCUT2D eigenvalue weighted by atomic mass is 16.7. The van der Waals surface area contributed by atoms with Crippen LogP contribution in [0.4, 0.5) is 0 Å². The van der Waals surface area contributed by atoms with E-state index in [0.29, 0.717) is 19.4 Å². The number of allylic oxidation sites excluding steroid dienone is 7. The van der Waals surface area contributed by atoms with E-state index in [4.69, 9.17) is 14.2 Å². The first-order chi connectivity index (χ1) is 43.7. The Bertz CT molecular complexity index is 1620. The Hall–Kier alpha value is -2.38. The predicted molar refractivity (Wildman–Crippen MR) is 375 cm³/mol. The van der Waals surface area contributed by atoms with Crippen molar-refractivity contribution in [3.05, 3.63) is 48.6 Å². The molecule has 7 atom stereocenters. The molecular formula is C78H145NO10. The summed E-state index contributed by atoms with van der Waals surface area (Å²) in [6.45, 7) is 4.35. The van der Waals surface area contributed by atoms with Gasteiger partial charge in [-0.2, -0.15) is 0 Å². The summed E-state index contributed by atoms with van der Waals surface area (Å²) >= 11 is 0. The maximum atomic E-state index is 13.1. The van der Waals surface area contributed by atoms with Gasteiger partial charge in [0, 0.05) is 12.8 Å². The van der Waals surface area contributed by atoms with Crippen LogP contribution in [0.3, 0.4) is 0 Å². The number of carbonyl (C=O) groups excluding carboxylic acids is 2. The van der Waals surface area contributed by atoms with Gasteiger partial charge < -0.3 is 45.1 Å². The van der Waals surface area contributed by atoms with E-state index in [1.807, 2.05) is 6.08 Å². The van der Waals surface area contributed by atoms with Crippen molar-refractivity contribution in [2.45, 2.75) is 416 Å². The summed E-state index contributed by atoms with van der Waals surface area (Å²) in [6.07, 6.45) is 78.5. The largest absolute Gasteiger partial charge is 0.466 e. The molecule has 1 rings (SSSR count). The van der Waals surface area contributed by atoms with Crippen LogP contribution >= 0.6 is 0 Å². The molecule has 0 aromatic carbocycles. The molecule has 1 heterocycles. The number of hydrogen-bond acceptors (Lipinski definition) is 10. The van der Waals surface area contributed by atoms with Gasteiger partial charge >= 0.3 is 5.97 Å². The summed E-state index contributed by atoms with van der Waals surface area (Å²) < 4.78 is 16.7. The van der Waals surface area contributed by atoms with E-state index < -0.39 is 49.5 Å². The second-order valence-electron chi connectivity index (χ2n) is 26.7. The Morgan fingerprint density at radius 3 is 1.18 bits per heavy atom. The molecular weight excluding hydrogens is 1110 g/mol. The van der Waals surface area contributed by atoms with Crippen LogP contribution in [-0.4, -0.2) is 100 Å². The molecule has 11 heteroatoms. The lowest BCUT2D eigenvalue weighted by Crippen LogP contribution is -2.60. The molecule has 6 N–H and O–H groups in total. The van der Waals surface area contributed by atoms with E-state index in [9.17, 15) is 35.1 Å². The second kappa shape index (κ2) is 67.1. The predicted octanol–water partition coefficient (Wildman–Crippen LogP) is 20.3. The first-order valence-corrected chi connectivity index (χ1v) is 38.4. The highest BCUT2D eigenvalue weighted by Gasteiger charge is 2.44. The molecule has 1 saturated heterocycles. The number of aliphatic hydroxyl groups is 5. The van der Waals surface area contributed by atoms with E-state index in [0.717, 1.165) is 57.8 Å². The summed E-state index contributed by atoms with van der Waals surface area (Å²) in [7, 11) is 0. The number of aliphatic hydroxyl groups excluding tert-OH is 5. The van der Waals surface area contributed by atoms with Crippen molar-refractivity contribution >= 4 is 11.9 Å². The third kappa shape index (κ3) is 55.8. The van der Waals surface area contributed by atoms with E-state index in [-0.39, 0.29) is 18.5 Å². The van der Waals surface area contributed by atoms with Gasteiger partial charge in [-0.15, -0.1) is 0 Å². The lowest BCUT2D eigenvalue weighted by molar-refractivity contribution is -0.302. The molecule has 0 aromatic rings. The Kier molecular flexibility index (Phi) is 63.8. The van der Waals surface area contributed by atoms with Gasteiger partial charge in [-0.1, -0.05) is 332 Å². The molecule has 1 amide bonds. The molecule has 522 valence electrons. The standard InChI is InChI=1S/C78H145NO10/c1-3-5-7-9-11-13-15-44-48-52-56-60-64-71(81)70(69-88-78-77(86)76(85)75(84)72(68-80)89-78)79-73(82)65-61-57-53-49-45-42-40-38-36-34-32-30-28-26-24-22-20-18-17-19-21-23-25-27-29-31-33-35-37-39-41-43-47-51-55-59-63-67-87-74(83)66-62-58-54-50-46-16-14-12-10-8-6-4-2/h17,19,23,25,44,48,60,64,70-72,75-78,80-81,84-86H,3-16,18,20-22,24,26-43,45-47,49-59,61-63,65-69H2,1-2H3,(H,79,82)/b19-17-,25-23-,48-44+,64-60+. The van der Waals surface area contributed by atoms with Gasteiger partial charge in [0.2, 0.25) is 5.91 Å². The van der Waals surface area contributed by atoms with Crippen LogP contribution in [0.5, 0.6) is 0 Å². The number of ether oxygens (including phenoxy) is 3. The van der Waals surface area contributed by atoms with Crippen molar-refractivity contribution in [2.75, 3.05) is 19.8 Å². The topological polar surface area (TPSA) is 175 Å². The van der Waals surface area contributed by atoms with E-state index in [1.54, 1.807) is 6.08 Å². The van der Waals surface area contributed by atoms with Crippen molar-refractivity contribution < 1.29 is 49.3 Å². The summed E-state index contributed by atoms with van der Waals surface area (Å²) in [4.78, 5) is 25.1. The number of carbonyl (C=O) groups is 2. The van der Waals surface area contributed by atoms with Crippen molar-refractivity contribution in [1.29, 1.82) is 0 Å². The zero-order valence-corrected chi connectivity index (χ0v) is 58.2. The molecule has 1 fully saturated rings. The smallest absolute Gasteiger partial charge is 0.305 e. The van der Waals surface area contributed by atoms with Crippen molar-refractivity contribution in [2.24, 2.45) is 0 Å². The monoisotopic (exact) mass is 1260 g/mol.